The molecule has 0 aliphatic carbocycles. The summed E-state index contributed by atoms with van der Waals surface area (Å²) in [7, 11) is -0.206. The Morgan fingerprint density at radius 2 is 1.52 bits per heavy atom. The molecule has 0 spiro atoms. The van der Waals surface area contributed by atoms with E-state index < -0.39 is 21.5 Å². The Bertz CT molecular complexity index is 908. The summed E-state index contributed by atoms with van der Waals surface area (Å²) in [6.07, 6.45) is 0.267. The van der Waals surface area contributed by atoms with Crippen molar-refractivity contribution >= 4 is 43.3 Å². The molecule has 2 rings (SSSR count). The average Bonchev–Trinajstić information content (AvgIpc) is 2.57. The van der Waals surface area contributed by atoms with Crippen molar-refractivity contribution in [1.29, 1.82) is 0 Å². The zero-order valence-corrected chi connectivity index (χ0v) is 17.5. The number of rotatable bonds is 7. The van der Waals surface area contributed by atoms with E-state index in [4.69, 9.17) is 0 Å². The fourth-order valence-corrected chi connectivity index (χ4v) is 3.86. The number of carbonyl (C=O) groups is 2. The molecule has 0 unspecified atom stereocenters. The summed E-state index contributed by atoms with van der Waals surface area (Å²) in [5.41, 5.74) is 1.93. The summed E-state index contributed by atoms with van der Waals surface area (Å²) in [6, 6.07) is 13.7. The molecule has 2 aromatic carbocycles. The molecule has 0 aliphatic rings. The van der Waals surface area contributed by atoms with Crippen LogP contribution < -0.4 is 5.32 Å². The Labute approximate surface area is 167 Å². The molecule has 6 nitrogen and oxygen atoms in total. The fourth-order valence-electron chi connectivity index (χ4n) is 2.32. The zero-order chi connectivity index (χ0) is 20.0. The summed E-state index contributed by atoms with van der Waals surface area (Å²) in [4.78, 5) is 25.3. The monoisotopic (exact) mass is 452 g/mol. The lowest BCUT2D eigenvalue weighted by Gasteiger charge is -2.11. The highest BCUT2D eigenvalue weighted by atomic mass is 79.9. The molecule has 1 N–H and O–H groups in total. The molecule has 27 heavy (non-hydrogen) atoms. The quantitative estimate of drug-likeness (QED) is 0.699. The Hall–Kier alpha value is -2.19. The molecular formula is C19H21BrN2O4S. The first-order valence-corrected chi connectivity index (χ1v) is 10.8. The number of sulfone groups is 1. The third kappa shape index (κ3) is 7.15. The molecule has 0 heterocycles. The van der Waals surface area contributed by atoms with Gasteiger partial charge in [-0.25, -0.2) is 8.42 Å². The third-order valence-electron chi connectivity index (χ3n) is 3.74. The standard InChI is InChI=1S/C19H21BrN2O4S/c1-22(2)19(24)11-14-5-9-17(10-6-14)21-18(23)13-27(25,26)12-15-3-7-16(20)8-4-15/h3-10H,11-13H2,1-2H3,(H,21,23). The van der Waals surface area contributed by atoms with Crippen LogP contribution in [0, 0.1) is 0 Å². The molecule has 0 saturated carbocycles. The second-order valence-electron chi connectivity index (χ2n) is 6.37. The highest BCUT2D eigenvalue weighted by molar-refractivity contribution is 9.10. The minimum Gasteiger partial charge on any atom is -0.349 e. The number of hydrogen-bond acceptors (Lipinski definition) is 4. The number of nitrogens with one attached hydrogen (secondary N) is 1. The van der Waals surface area contributed by atoms with Crippen LogP contribution in [0.2, 0.25) is 0 Å². The highest BCUT2D eigenvalue weighted by Crippen LogP contribution is 2.14. The van der Waals surface area contributed by atoms with Gasteiger partial charge in [-0.2, -0.15) is 0 Å². The molecule has 0 atom stereocenters. The van der Waals surface area contributed by atoms with Gasteiger partial charge in [0.2, 0.25) is 11.8 Å². The number of likely N-dealkylation sites (N-methyl/N-ethyl adjacent to an activating group) is 1. The predicted molar refractivity (Wildman–Crippen MR) is 109 cm³/mol. The predicted octanol–water partition coefficient (Wildman–Crippen LogP) is 2.63. The van der Waals surface area contributed by atoms with Crippen LogP contribution in [0.4, 0.5) is 5.69 Å². The van der Waals surface area contributed by atoms with E-state index in [9.17, 15) is 18.0 Å². The molecule has 0 aromatic heterocycles. The smallest absolute Gasteiger partial charge is 0.239 e. The summed E-state index contributed by atoms with van der Waals surface area (Å²) in [6.45, 7) is 0. The summed E-state index contributed by atoms with van der Waals surface area (Å²) in [5.74, 6) is -1.40. The van der Waals surface area contributed by atoms with Crippen molar-refractivity contribution < 1.29 is 18.0 Å². The maximum atomic E-state index is 12.2. The Morgan fingerprint density at radius 1 is 0.963 bits per heavy atom. The SMILES string of the molecule is CN(C)C(=O)Cc1ccc(NC(=O)CS(=O)(=O)Cc2ccc(Br)cc2)cc1. The largest absolute Gasteiger partial charge is 0.349 e. The number of hydrogen-bond donors (Lipinski definition) is 1. The molecule has 0 bridgehead atoms. The third-order valence-corrected chi connectivity index (χ3v) is 5.75. The molecule has 2 amide bonds. The summed E-state index contributed by atoms with van der Waals surface area (Å²) in [5, 5.41) is 2.58. The van der Waals surface area contributed by atoms with Crippen molar-refractivity contribution in [2.24, 2.45) is 0 Å². The molecule has 2 aromatic rings. The van der Waals surface area contributed by atoms with Gasteiger partial charge in [0.15, 0.2) is 9.84 Å². The van der Waals surface area contributed by atoms with Crippen molar-refractivity contribution in [3.8, 4) is 0 Å². The number of halogens is 1. The summed E-state index contributed by atoms with van der Waals surface area (Å²) < 4.78 is 25.3. The zero-order valence-electron chi connectivity index (χ0n) is 15.1. The Balaban J connectivity index is 1.92. The van der Waals surface area contributed by atoms with E-state index >= 15 is 0 Å². The number of amides is 2. The second-order valence-corrected chi connectivity index (χ2v) is 9.35. The molecule has 144 valence electrons. The lowest BCUT2D eigenvalue weighted by Crippen LogP contribution is -2.24. The van der Waals surface area contributed by atoms with Crippen molar-refractivity contribution in [2.75, 3.05) is 25.2 Å². The minimum atomic E-state index is -3.58. The topological polar surface area (TPSA) is 83.6 Å². The number of nitrogens with zero attached hydrogens (tertiary/aromatic N) is 1. The molecule has 0 radical (unpaired) electrons. The van der Waals surface area contributed by atoms with Crippen molar-refractivity contribution in [1.82, 2.24) is 4.90 Å². The van der Waals surface area contributed by atoms with Gasteiger partial charge in [0.05, 0.1) is 12.2 Å². The van der Waals surface area contributed by atoms with E-state index in [0.717, 1.165) is 10.0 Å². The average molecular weight is 453 g/mol. The van der Waals surface area contributed by atoms with E-state index in [2.05, 4.69) is 21.2 Å². The van der Waals surface area contributed by atoms with Gasteiger partial charge >= 0.3 is 0 Å². The van der Waals surface area contributed by atoms with Gasteiger partial charge in [-0.05, 0) is 35.4 Å². The first-order valence-electron chi connectivity index (χ1n) is 8.18. The maximum absolute atomic E-state index is 12.2. The van der Waals surface area contributed by atoms with Crippen LogP contribution in [0.3, 0.4) is 0 Å². The van der Waals surface area contributed by atoms with Crippen molar-refractivity contribution in [2.45, 2.75) is 12.2 Å². The van der Waals surface area contributed by atoms with E-state index in [1.54, 1.807) is 62.6 Å². The van der Waals surface area contributed by atoms with Crippen molar-refractivity contribution in [3.05, 3.63) is 64.1 Å². The van der Waals surface area contributed by atoms with E-state index in [-0.39, 0.29) is 18.1 Å². The fraction of sp³-hybridized carbons (Fsp3) is 0.263. The highest BCUT2D eigenvalue weighted by Gasteiger charge is 2.17. The maximum Gasteiger partial charge on any atom is 0.239 e. The van der Waals surface area contributed by atoms with Gasteiger partial charge in [-0.3, -0.25) is 9.59 Å². The van der Waals surface area contributed by atoms with Crippen LogP contribution in [0.15, 0.2) is 53.0 Å². The molecule has 8 heteroatoms. The molecule has 0 saturated heterocycles. The first kappa shape index (κ1) is 21.1. The lowest BCUT2D eigenvalue weighted by molar-refractivity contribution is -0.128. The van der Waals surface area contributed by atoms with Gasteiger partial charge in [0.25, 0.3) is 0 Å². The Kier molecular flexibility index (Phi) is 7.15. The van der Waals surface area contributed by atoms with Gasteiger partial charge in [0, 0.05) is 24.3 Å². The molecule has 0 aliphatic heterocycles. The lowest BCUT2D eigenvalue weighted by atomic mass is 10.1. The first-order chi connectivity index (χ1) is 12.6. The summed E-state index contributed by atoms with van der Waals surface area (Å²) >= 11 is 3.29. The van der Waals surface area contributed by atoms with Crippen LogP contribution in [-0.4, -0.2) is 45.0 Å². The normalized spacial score (nSPS) is 11.1. The van der Waals surface area contributed by atoms with Crippen molar-refractivity contribution in [3.63, 3.8) is 0 Å². The van der Waals surface area contributed by atoms with Crippen LogP contribution >= 0.6 is 15.9 Å². The Morgan fingerprint density at radius 3 is 2.07 bits per heavy atom. The second kappa shape index (κ2) is 9.14. The van der Waals surface area contributed by atoms with Gasteiger partial charge in [-0.1, -0.05) is 40.2 Å². The minimum absolute atomic E-state index is 0.0224. The van der Waals surface area contributed by atoms with Crippen LogP contribution in [0.25, 0.3) is 0 Å². The van der Waals surface area contributed by atoms with Gasteiger partial charge < -0.3 is 10.2 Å². The van der Waals surface area contributed by atoms with Crippen LogP contribution in [0.5, 0.6) is 0 Å². The van der Waals surface area contributed by atoms with E-state index in [1.807, 2.05) is 0 Å². The van der Waals surface area contributed by atoms with Gasteiger partial charge in [0.1, 0.15) is 5.75 Å². The number of anilines is 1. The van der Waals surface area contributed by atoms with E-state index in [1.165, 1.54) is 4.90 Å². The molecular weight excluding hydrogens is 432 g/mol. The van der Waals surface area contributed by atoms with E-state index in [0.29, 0.717) is 11.3 Å². The number of carbonyl (C=O) groups excluding carboxylic acids is 2. The molecule has 0 fully saturated rings. The van der Waals surface area contributed by atoms with Gasteiger partial charge in [-0.15, -0.1) is 0 Å². The number of benzene rings is 2. The van der Waals surface area contributed by atoms with Crippen LogP contribution in [0.1, 0.15) is 11.1 Å². The van der Waals surface area contributed by atoms with Crippen LogP contribution in [-0.2, 0) is 31.6 Å².